The lowest BCUT2D eigenvalue weighted by Gasteiger charge is -2.13. The Bertz CT molecular complexity index is 443. The Kier molecular flexibility index (Phi) is 5.06. The average Bonchev–Trinajstić information content (AvgIpc) is 2.74. The highest BCUT2D eigenvalue weighted by Gasteiger charge is 2.22. The van der Waals surface area contributed by atoms with Crippen LogP contribution in [0.4, 0.5) is 0 Å². The Morgan fingerprint density at radius 3 is 2.94 bits per heavy atom. The van der Waals surface area contributed by atoms with E-state index in [-0.39, 0.29) is 17.6 Å². The minimum absolute atomic E-state index is 0.0317. The van der Waals surface area contributed by atoms with Crippen LogP contribution in [0.2, 0.25) is 0 Å². The lowest BCUT2D eigenvalue weighted by atomic mass is 10.3. The molecular formula is C9H18N4O3S. The molecule has 0 saturated carbocycles. The van der Waals surface area contributed by atoms with Gasteiger partial charge < -0.3 is 10.5 Å². The van der Waals surface area contributed by atoms with Gasteiger partial charge in [0.05, 0.1) is 6.20 Å². The van der Waals surface area contributed by atoms with Crippen LogP contribution in [0.15, 0.2) is 11.2 Å². The van der Waals surface area contributed by atoms with E-state index < -0.39 is 10.0 Å². The van der Waals surface area contributed by atoms with Gasteiger partial charge in [-0.2, -0.15) is 5.10 Å². The van der Waals surface area contributed by atoms with Gasteiger partial charge in [-0.25, -0.2) is 13.1 Å². The van der Waals surface area contributed by atoms with E-state index in [4.69, 9.17) is 10.5 Å². The zero-order chi connectivity index (χ0) is 12.9. The minimum atomic E-state index is -3.59. The predicted molar refractivity (Wildman–Crippen MR) is 62.8 cm³/mol. The van der Waals surface area contributed by atoms with E-state index in [1.165, 1.54) is 6.20 Å². The Labute approximate surface area is 101 Å². The number of aromatic amines is 1. The molecule has 1 aromatic heterocycles. The van der Waals surface area contributed by atoms with Gasteiger partial charge in [-0.3, -0.25) is 5.10 Å². The highest BCUT2D eigenvalue weighted by Crippen LogP contribution is 2.11. The topological polar surface area (TPSA) is 110 Å². The number of hydrogen-bond acceptors (Lipinski definition) is 5. The van der Waals surface area contributed by atoms with E-state index in [9.17, 15) is 8.42 Å². The number of nitrogens with one attached hydrogen (secondary N) is 2. The van der Waals surface area contributed by atoms with Crippen molar-refractivity contribution in [3.63, 3.8) is 0 Å². The summed E-state index contributed by atoms with van der Waals surface area (Å²) in [4.78, 5) is 0. The van der Waals surface area contributed by atoms with Crippen molar-refractivity contribution in [3.8, 4) is 0 Å². The van der Waals surface area contributed by atoms with Gasteiger partial charge in [0.2, 0.25) is 0 Å². The van der Waals surface area contributed by atoms with Gasteiger partial charge in [0.15, 0.2) is 5.03 Å². The molecule has 0 aromatic carbocycles. The first-order chi connectivity index (χ1) is 8.01. The zero-order valence-corrected chi connectivity index (χ0v) is 10.8. The SMILES string of the molecule is COCCC(C)NS(=O)(=O)c1[nH]ncc1CN. The summed E-state index contributed by atoms with van der Waals surface area (Å²) < 4.78 is 31.4. The van der Waals surface area contributed by atoms with Gasteiger partial charge >= 0.3 is 0 Å². The first kappa shape index (κ1) is 14.1. The summed E-state index contributed by atoms with van der Waals surface area (Å²) in [7, 11) is -2.02. The molecule has 0 saturated heterocycles. The van der Waals surface area contributed by atoms with Crippen molar-refractivity contribution in [2.45, 2.75) is 31.0 Å². The lowest BCUT2D eigenvalue weighted by Crippen LogP contribution is -2.34. The number of ether oxygens (including phenoxy) is 1. The number of nitrogens with two attached hydrogens (primary N) is 1. The Morgan fingerprint density at radius 2 is 2.35 bits per heavy atom. The molecular weight excluding hydrogens is 244 g/mol. The number of H-pyrrole nitrogens is 1. The van der Waals surface area contributed by atoms with Gasteiger partial charge in [-0.05, 0) is 13.3 Å². The van der Waals surface area contributed by atoms with Crippen molar-refractivity contribution in [3.05, 3.63) is 11.8 Å². The van der Waals surface area contributed by atoms with Gasteiger partial charge in [0.25, 0.3) is 10.0 Å². The molecule has 0 bridgehead atoms. The number of rotatable bonds is 7. The normalized spacial score (nSPS) is 13.8. The van der Waals surface area contributed by atoms with Crippen LogP contribution >= 0.6 is 0 Å². The molecule has 0 spiro atoms. The fourth-order valence-electron chi connectivity index (χ4n) is 1.35. The standard InChI is InChI=1S/C9H18N4O3S/c1-7(3-4-16-2)13-17(14,15)9-8(5-10)6-11-12-9/h6-7,13H,3-5,10H2,1-2H3,(H,11,12). The van der Waals surface area contributed by atoms with Crippen LogP contribution in [0.5, 0.6) is 0 Å². The molecule has 1 unspecified atom stereocenters. The quantitative estimate of drug-likeness (QED) is 0.617. The molecule has 0 fully saturated rings. The highest BCUT2D eigenvalue weighted by molar-refractivity contribution is 7.89. The third-order valence-electron chi connectivity index (χ3n) is 2.28. The van der Waals surface area contributed by atoms with Crippen LogP contribution in [0.25, 0.3) is 0 Å². The van der Waals surface area contributed by atoms with Crippen LogP contribution < -0.4 is 10.5 Å². The summed E-state index contributed by atoms with van der Waals surface area (Å²) in [5.74, 6) is 0. The predicted octanol–water partition coefficient (Wildman–Crippen LogP) is -0.428. The third-order valence-corrected chi connectivity index (χ3v) is 3.88. The largest absolute Gasteiger partial charge is 0.385 e. The van der Waals surface area contributed by atoms with Crippen molar-refractivity contribution >= 4 is 10.0 Å². The monoisotopic (exact) mass is 262 g/mol. The van der Waals surface area contributed by atoms with Crippen LogP contribution in [0.3, 0.4) is 0 Å². The average molecular weight is 262 g/mol. The third kappa shape index (κ3) is 3.77. The maximum absolute atomic E-state index is 12.0. The van der Waals surface area contributed by atoms with E-state index in [0.717, 1.165) is 0 Å². The zero-order valence-electron chi connectivity index (χ0n) is 9.93. The fraction of sp³-hybridized carbons (Fsp3) is 0.667. The molecule has 1 heterocycles. The number of methoxy groups -OCH3 is 1. The summed E-state index contributed by atoms with van der Waals surface area (Å²) >= 11 is 0. The van der Waals surface area contributed by atoms with Gasteiger partial charge in [-0.1, -0.05) is 0 Å². The smallest absolute Gasteiger partial charge is 0.258 e. The number of hydrogen-bond donors (Lipinski definition) is 3. The second kappa shape index (κ2) is 6.10. The molecule has 1 atom stereocenters. The van der Waals surface area contributed by atoms with Crippen molar-refractivity contribution in [2.24, 2.45) is 5.73 Å². The maximum Gasteiger partial charge on any atom is 0.258 e. The molecule has 8 heteroatoms. The summed E-state index contributed by atoms with van der Waals surface area (Å²) in [6.07, 6.45) is 2.01. The molecule has 98 valence electrons. The fourth-order valence-corrected chi connectivity index (χ4v) is 2.77. The van der Waals surface area contributed by atoms with Crippen LogP contribution in [0, 0.1) is 0 Å². The Hall–Kier alpha value is -0.960. The number of nitrogens with zero attached hydrogens (tertiary/aromatic N) is 1. The van der Waals surface area contributed by atoms with Crippen molar-refractivity contribution in [2.75, 3.05) is 13.7 Å². The summed E-state index contributed by atoms with van der Waals surface area (Å²) in [5, 5.41) is 6.16. The Morgan fingerprint density at radius 1 is 1.65 bits per heavy atom. The molecule has 1 aromatic rings. The molecule has 0 amide bonds. The molecule has 1 rings (SSSR count). The lowest BCUT2D eigenvalue weighted by molar-refractivity contribution is 0.188. The summed E-state index contributed by atoms with van der Waals surface area (Å²) in [6, 6.07) is -0.214. The number of aromatic nitrogens is 2. The molecule has 0 aliphatic carbocycles. The van der Waals surface area contributed by atoms with E-state index in [1.807, 2.05) is 0 Å². The van der Waals surface area contributed by atoms with Crippen molar-refractivity contribution < 1.29 is 13.2 Å². The molecule has 4 N–H and O–H groups in total. The summed E-state index contributed by atoms with van der Waals surface area (Å²) in [6.45, 7) is 2.39. The molecule has 0 radical (unpaired) electrons. The first-order valence-electron chi connectivity index (χ1n) is 5.25. The van der Waals surface area contributed by atoms with Crippen molar-refractivity contribution in [1.82, 2.24) is 14.9 Å². The minimum Gasteiger partial charge on any atom is -0.385 e. The summed E-state index contributed by atoms with van der Waals surface area (Å²) in [5.41, 5.74) is 5.90. The van der Waals surface area contributed by atoms with Gasteiger partial charge in [0.1, 0.15) is 0 Å². The number of sulfonamides is 1. The second-order valence-corrected chi connectivity index (χ2v) is 5.38. The van der Waals surface area contributed by atoms with E-state index in [2.05, 4.69) is 14.9 Å². The highest BCUT2D eigenvalue weighted by atomic mass is 32.2. The Balaban J connectivity index is 2.75. The molecule has 0 aliphatic heterocycles. The molecule has 7 nitrogen and oxygen atoms in total. The van der Waals surface area contributed by atoms with E-state index >= 15 is 0 Å². The van der Waals surface area contributed by atoms with Crippen LogP contribution in [-0.4, -0.2) is 38.4 Å². The molecule has 17 heavy (non-hydrogen) atoms. The van der Waals surface area contributed by atoms with Gasteiger partial charge in [-0.15, -0.1) is 0 Å². The van der Waals surface area contributed by atoms with E-state index in [1.54, 1.807) is 14.0 Å². The second-order valence-electron chi connectivity index (χ2n) is 3.73. The first-order valence-corrected chi connectivity index (χ1v) is 6.73. The molecule has 0 aliphatic rings. The van der Waals surface area contributed by atoms with E-state index in [0.29, 0.717) is 18.6 Å². The van der Waals surface area contributed by atoms with Crippen LogP contribution in [0.1, 0.15) is 18.9 Å². The van der Waals surface area contributed by atoms with Crippen LogP contribution in [-0.2, 0) is 21.3 Å². The van der Waals surface area contributed by atoms with Gasteiger partial charge in [0, 0.05) is 31.9 Å². The van der Waals surface area contributed by atoms with Crippen molar-refractivity contribution in [1.29, 1.82) is 0 Å². The maximum atomic E-state index is 12.0.